The van der Waals surface area contributed by atoms with Gasteiger partial charge in [-0.15, -0.1) is 0 Å². The molecular weight excluding hydrogens is 267 g/mol. The smallest absolute Gasteiger partial charge is 0.126 e. The molecule has 2 nitrogen and oxygen atoms in total. The predicted octanol–water partition coefficient (Wildman–Crippen LogP) is 4.62. The van der Waals surface area contributed by atoms with Gasteiger partial charge in [0.2, 0.25) is 0 Å². The molecule has 2 unspecified atom stereocenters. The minimum absolute atomic E-state index is 0.256. The first-order valence-corrected chi connectivity index (χ1v) is 8.16. The Bertz CT molecular complexity index is 514. The number of fused-ring (bicyclic) bond motifs is 1. The number of ether oxygens (including phenoxy) is 1. The molecule has 116 valence electrons. The van der Waals surface area contributed by atoms with Crippen molar-refractivity contribution in [3.63, 3.8) is 0 Å². The molecule has 2 aliphatic rings. The van der Waals surface area contributed by atoms with Crippen LogP contribution in [0.2, 0.25) is 0 Å². The molecule has 1 saturated carbocycles. The van der Waals surface area contributed by atoms with Crippen molar-refractivity contribution in [2.75, 3.05) is 0 Å². The van der Waals surface area contributed by atoms with Gasteiger partial charge in [-0.1, -0.05) is 20.3 Å². The lowest BCUT2D eigenvalue weighted by Crippen LogP contribution is -2.40. The number of hydrogen-bond acceptors (Lipinski definition) is 2. The maximum absolute atomic E-state index is 13.3. The van der Waals surface area contributed by atoms with Gasteiger partial charge in [-0.25, -0.2) is 4.39 Å². The molecule has 1 aliphatic carbocycles. The van der Waals surface area contributed by atoms with Gasteiger partial charge in [0.1, 0.15) is 17.2 Å². The number of halogens is 1. The maximum atomic E-state index is 13.3. The summed E-state index contributed by atoms with van der Waals surface area (Å²) in [6.45, 7) is 4.58. The van der Waals surface area contributed by atoms with Gasteiger partial charge in [0.15, 0.2) is 0 Å². The highest BCUT2D eigenvalue weighted by atomic mass is 19.1. The first-order valence-electron chi connectivity index (χ1n) is 8.16. The SMILES string of the molecule is CC(C)C1CCCC2(CC1)C[C@@H](O)c1cc(F)ccc1O2. The van der Waals surface area contributed by atoms with Gasteiger partial charge in [-0.3, -0.25) is 0 Å². The molecule has 1 spiro atoms. The average molecular weight is 292 g/mol. The lowest BCUT2D eigenvalue weighted by atomic mass is 9.82. The van der Waals surface area contributed by atoms with E-state index in [1.165, 1.54) is 18.6 Å². The lowest BCUT2D eigenvalue weighted by Gasteiger charge is -2.40. The van der Waals surface area contributed by atoms with Crippen LogP contribution < -0.4 is 4.74 Å². The Morgan fingerprint density at radius 1 is 1.29 bits per heavy atom. The molecular formula is C18H25FO2. The second kappa shape index (κ2) is 5.60. The van der Waals surface area contributed by atoms with Crippen molar-refractivity contribution in [3.8, 4) is 5.75 Å². The fourth-order valence-electron chi connectivity index (χ4n) is 3.99. The predicted molar refractivity (Wildman–Crippen MR) is 80.7 cm³/mol. The van der Waals surface area contributed by atoms with Crippen LogP contribution in [-0.2, 0) is 0 Å². The van der Waals surface area contributed by atoms with Gasteiger partial charge in [-0.2, -0.15) is 0 Å². The molecule has 3 heteroatoms. The van der Waals surface area contributed by atoms with Gasteiger partial charge < -0.3 is 9.84 Å². The van der Waals surface area contributed by atoms with Crippen LogP contribution in [0.15, 0.2) is 18.2 Å². The number of hydrogen-bond donors (Lipinski definition) is 1. The van der Waals surface area contributed by atoms with Crippen LogP contribution in [0.5, 0.6) is 5.75 Å². The number of benzene rings is 1. The fourth-order valence-corrected chi connectivity index (χ4v) is 3.99. The Labute approximate surface area is 126 Å². The zero-order valence-electron chi connectivity index (χ0n) is 12.9. The molecule has 0 radical (unpaired) electrons. The standard InChI is InChI=1S/C18H25FO2/c1-12(2)13-4-3-8-18(9-7-13)11-16(20)15-10-14(19)5-6-17(15)21-18/h5-6,10,12-13,16,20H,3-4,7-9,11H2,1-2H3/t13?,16-,18?/m1/s1. The molecule has 0 bridgehead atoms. The Kier molecular flexibility index (Phi) is 3.96. The third-order valence-corrected chi connectivity index (χ3v) is 5.34. The first kappa shape index (κ1) is 14.8. The molecule has 1 aromatic rings. The second-order valence-electron chi connectivity index (χ2n) is 7.12. The Hall–Kier alpha value is -1.09. The molecule has 1 aliphatic heterocycles. The largest absolute Gasteiger partial charge is 0.487 e. The van der Waals surface area contributed by atoms with Crippen molar-refractivity contribution in [1.29, 1.82) is 0 Å². The van der Waals surface area contributed by atoms with Gasteiger partial charge in [0.25, 0.3) is 0 Å². The second-order valence-corrected chi connectivity index (χ2v) is 7.12. The molecule has 1 fully saturated rings. The normalized spacial score (nSPS) is 32.6. The monoisotopic (exact) mass is 292 g/mol. The summed E-state index contributed by atoms with van der Waals surface area (Å²) in [6, 6.07) is 4.48. The van der Waals surface area contributed by atoms with Gasteiger partial charge in [0, 0.05) is 12.0 Å². The van der Waals surface area contributed by atoms with Crippen LogP contribution in [-0.4, -0.2) is 10.7 Å². The lowest BCUT2D eigenvalue weighted by molar-refractivity contribution is -0.0255. The summed E-state index contributed by atoms with van der Waals surface area (Å²) >= 11 is 0. The highest BCUT2D eigenvalue weighted by Crippen LogP contribution is 2.47. The molecule has 1 N–H and O–H groups in total. The summed E-state index contributed by atoms with van der Waals surface area (Å²) in [4.78, 5) is 0. The van der Waals surface area contributed by atoms with E-state index in [9.17, 15) is 9.50 Å². The average Bonchev–Trinajstić information content (AvgIpc) is 2.63. The molecule has 0 aromatic heterocycles. The van der Waals surface area contributed by atoms with E-state index >= 15 is 0 Å². The minimum atomic E-state index is -0.611. The highest BCUT2D eigenvalue weighted by molar-refractivity contribution is 5.38. The molecule has 1 aromatic carbocycles. The van der Waals surface area contributed by atoms with E-state index in [0.717, 1.165) is 31.6 Å². The van der Waals surface area contributed by atoms with E-state index in [1.54, 1.807) is 6.07 Å². The molecule has 3 atom stereocenters. The summed E-state index contributed by atoms with van der Waals surface area (Å²) < 4.78 is 19.6. The van der Waals surface area contributed by atoms with Crippen molar-refractivity contribution in [3.05, 3.63) is 29.6 Å². The third kappa shape index (κ3) is 2.94. The quantitative estimate of drug-likeness (QED) is 0.818. The summed E-state index contributed by atoms with van der Waals surface area (Å²) in [5.74, 6) is 1.81. The highest BCUT2D eigenvalue weighted by Gasteiger charge is 2.42. The Morgan fingerprint density at radius 3 is 2.86 bits per heavy atom. The first-order chi connectivity index (χ1) is 9.99. The molecule has 21 heavy (non-hydrogen) atoms. The van der Waals surface area contributed by atoms with Gasteiger partial charge in [0.05, 0.1) is 6.10 Å². The van der Waals surface area contributed by atoms with Crippen LogP contribution in [0.25, 0.3) is 0 Å². The van der Waals surface area contributed by atoms with Crippen LogP contribution in [0.3, 0.4) is 0 Å². The molecule has 3 rings (SSSR count). The number of aliphatic hydroxyl groups excluding tert-OH is 1. The summed E-state index contributed by atoms with van der Waals surface area (Å²) in [7, 11) is 0. The van der Waals surface area contributed by atoms with Gasteiger partial charge >= 0.3 is 0 Å². The van der Waals surface area contributed by atoms with Crippen molar-refractivity contribution in [2.24, 2.45) is 11.8 Å². The van der Waals surface area contributed by atoms with Crippen LogP contribution in [0.1, 0.15) is 64.0 Å². The Morgan fingerprint density at radius 2 is 2.10 bits per heavy atom. The van der Waals surface area contributed by atoms with Crippen molar-refractivity contribution < 1.29 is 14.2 Å². The summed E-state index contributed by atoms with van der Waals surface area (Å²) in [5, 5.41) is 10.4. The van der Waals surface area contributed by atoms with Crippen molar-refractivity contribution in [2.45, 2.75) is 64.1 Å². The minimum Gasteiger partial charge on any atom is -0.487 e. The summed E-state index contributed by atoms with van der Waals surface area (Å²) in [5.41, 5.74) is 0.346. The van der Waals surface area contributed by atoms with E-state index in [-0.39, 0.29) is 11.4 Å². The molecule has 0 amide bonds. The van der Waals surface area contributed by atoms with E-state index in [2.05, 4.69) is 13.8 Å². The van der Waals surface area contributed by atoms with Gasteiger partial charge in [-0.05, 0) is 55.7 Å². The van der Waals surface area contributed by atoms with E-state index in [0.29, 0.717) is 23.7 Å². The number of aliphatic hydroxyl groups is 1. The Balaban J connectivity index is 1.82. The zero-order valence-corrected chi connectivity index (χ0v) is 12.9. The number of rotatable bonds is 1. The molecule has 1 heterocycles. The topological polar surface area (TPSA) is 29.5 Å². The van der Waals surface area contributed by atoms with E-state index in [4.69, 9.17) is 4.74 Å². The van der Waals surface area contributed by atoms with Crippen molar-refractivity contribution >= 4 is 0 Å². The van der Waals surface area contributed by atoms with Crippen LogP contribution in [0, 0.1) is 17.7 Å². The maximum Gasteiger partial charge on any atom is 0.126 e. The fraction of sp³-hybridized carbons (Fsp3) is 0.667. The van der Waals surface area contributed by atoms with Crippen LogP contribution >= 0.6 is 0 Å². The van der Waals surface area contributed by atoms with E-state index < -0.39 is 6.10 Å². The van der Waals surface area contributed by atoms with E-state index in [1.807, 2.05) is 0 Å². The zero-order chi connectivity index (χ0) is 15.0. The van der Waals surface area contributed by atoms with Crippen molar-refractivity contribution in [1.82, 2.24) is 0 Å². The van der Waals surface area contributed by atoms with Crippen LogP contribution in [0.4, 0.5) is 4.39 Å². The molecule has 0 saturated heterocycles. The third-order valence-electron chi connectivity index (χ3n) is 5.34. The summed E-state index contributed by atoms with van der Waals surface area (Å²) in [6.07, 6.45) is 5.50.